The van der Waals surface area contributed by atoms with Crippen molar-refractivity contribution in [3.8, 4) is 11.5 Å². The molecule has 7 heteroatoms. The molecule has 7 rings (SSSR count). The van der Waals surface area contributed by atoms with Crippen molar-refractivity contribution in [1.82, 2.24) is 4.90 Å². The molecule has 2 spiro atoms. The van der Waals surface area contributed by atoms with E-state index in [0.717, 1.165) is 18.7 Å². The summed E-state index contributed by atoms with van der Waals surface area (Å²) in [6.45, 7) is 2.69. The van der Waals surface area contributed by atoms with Crippen LogP contribution >= 0.6 is 0 Å². The van der Waals surface area contributed by atoms with Gasteiger partial charge in [0, 0.05) is 30.6 Å². The molecule has 7 nitrogen and oxygen atoms in total. The smallest absolute Gasteiger partial charge is 0.207 e. The molecular formula is C23H27NO6. The number of carbonyl (C=O) groups excluding carboxylic acids is 1. The first-order valence-corrected chi connectivity index (χ1v) is 11.2. The average molecular weight is 413 g/mol. The fraction of sp³-hybridized carbons (Fsp3) is 0.696. The van der Waals surface area contributed by atoms with Gasteiger partial charge in [0.15, 0.2) is 23.4 Å². The third-order valence-electron chi connectivity index (χ3n) is 8.59. The lowest BCUT2D eigenvalue weighted by atomic mass is 9.47. The molecule has 1 aromatic rings. The van der Waals surface area contributed by atoms with Crippen molar-refractivity contribution < 1.29 is 28.8 Å². The van der Waals surface area contributed by atoms with Crippen LogP contribution in [0.5, 0.6) is 11.5 Å². The largest absolute Gasteiger partial charge is 0.493 e. The van der Waals surface area contributed by atoms with Crippen LogP contribution in [-0.4, -0.2) is 72.7 Å². The molecule has 4 atom stereocenters. The minimum absolute atomic E-state index is 0.0147. The van der Waals surface area contributed by atoms with Crippen LogP contribution < -0.4 is 9.47 Å². The van der Waals surface area contributed by atoms with E-state index in [1.54, 1.807) is 7.11 Å². The Morgan fingerprint density at radius 2 is 2.00 bits per heavy atom. The highest BCUT2D eigenvalue weighted by molar-refractivity contribution is 6.06. The van der Waals surface area contributed by atoms with E-state index in [0.29, 0.717) is 55.5 Å². The van der Waals surface area contributed by atoms with Gasteiger partial charge in [0.2, 0.25) is 5.79 Å². The van der Waals surface area contributed by atoms with Crippen molar-refractivity contribution in [2.45, 2.75) is 61.1 Å². The predicted octanol–water partition coefficient (Wildman–Crippen LogP) is 1.64. The SMILES string of the molecule is COc1ccc2c3c1O[C@H]1C4(CC[C@@]5(O)[C@@H](C2=O)N(CC2CC2)CC[C@]315)OCCO4. The van der Waals surface area contributed by atoms with Crippen LogP contribution in [0, 0.1) is 5.92 Å². The monoisotopic (exact) mass is 413 g/mol. The Kier molecular flexibility index (Phi) is 3.33. The second-order valence-corrected chi connectivity index (χ2v) is 9.88. The van der Waals surface area contributed by atoms with Gasteiger partial charge in [-0.25, -0.2) is 0 Å². The second kappa shape index (κ2) is 5.57. The summed E-state index contributed by atoms with van der Waals surface area (Å²) >= 11 is 0. The Morgan fingerprint density at radius 1 is 1.20 bits per heavy atom. The van der Waals surface area contributed by atoms with Crippen molar-refractivity contribution in [2.75, 3.05) is 33.4 Å². The highest BCUT2D eigenvalue weighted by Crippen LogP contribution is 2.68. The fourth-order valence-electron chi connectivity index (χ4n) is 7.20. The van der Waals surface area contributed by atoms with Crippen molar-refractivity contribution in [2.24, 2.45) is 5.92 Å². The molecule has 2 bridgehead atoms. The second-order valence-electron chi connectivity index (χ2n) is 9.88. The predicted molar refractivity (Wildman–Crippen MR) is 105 cm³/mol. The van der Waals surface area contributed by atoms with Gasteiger partial charge in [0.25, 0.3) is 0 Å². The highest BCUT2D eigenvalue weighted by atomic mass is 16.8. The van der Waals surface area contributed by atoms with Gasteiger partial charge in [-0.3, -0.25) is 9.69 Å². The van der Waals surface area contributed by atoms with E-state index in [2.05, 4.69) is 4.90 Å². The highest BCUT2D eigenvalue weighted by Gasteiger charge is 2.79. The number of likely N-dealkylation sites (tertiary alicyclic amines) is 1. The van der Waals surface area contributed by atoms with Gasteiger partial charge >= 0.3 is 0 Å². The molecule has 0 amide bonds. The summed E-state index contributed by atoms with van der Waals surface area (Å²) in [6, 6.07) is 3.13. The van der Waals surface area contributed by atoms with Crippen LogP contribution in [0.25, 0.3) is 0 Å². The zero-order valence-electron chi connectivity index (χ0n) is 17.2. The normalized spacial score (nSPS) is 40.4. The van der Waals surface area contributed by atoms with E-state index in [1.165, 1.54) is 12.8 Å². The zero-order valence-corrected chi connectivity index (χ0v) is 17.2. The van der Waals surface area contributed by atoms with Crippen molar-refractivity contribution >= 4 is 5.78 Å². The summed E-state index contributed by atoms with van der Waals surface area (Å²) in [5.41, 5.74) is -0.445. The topological polar surface area (TPSA) is 77.5 Å². The minimum Gasteiger partial charge on any atom is -0.493 e. The number of benzene rings is 1. The van der Waals surface area contributed by atoms with E-state index in [-0.39, 0.29) is 5.78 Å². The summed E-state index contributed by atoms with van der Waals surface area (Å²) in [4.78, 5) is 16.1. The van der Waals surface area contributed by atoms with Crippen LogP contribution in [0.4, 0.5) is 0 Å². The molecular weight excluding hydrogens is 386 g/mol. The van der Waals surface area contributed by atoms with E-state index in [1.807, 2.05) is 12.1 Å². The number of ketones is 1. The maximum atomic E-state index is 13.8. The number of hydrogen-bond donors (Lipinski definition) is 1. The van der Waals surface area contributed by atoms with Gasteiger partial charge in [0.1, 0.15) is 11.6 Å². The maximum Gasteiger partial charge on any atom is 0.207 e. The Morgan fingerprint density at radius 3 is 2.73 bits per heavy atom. The number of Topliss-reactive ketones (excluding diaryl/α,β-unsaturated/α-hetero) is 1. The van der Waals surface area contributed by atoms with Crippen LogP contribution in [-0.2, 0) is 14.9 Å². The molecule has 3 aliphatic heterocycles. The molecule has 2 saturated heterocycles. The lowest BCUT2D eigenvalue weighted by molar-refractivity contribution is -0.292. The van der Waals surface area contributed by atoms with Gasteiger partial charge in [-0.05, 0) is 43.7 Å². The van der Waals surface area contributed by atoms with E-state index in [9.17, 15) is 9.90 Å². The van der Waals surface area contributed by atoms with Gasteiger partial charge in [-0.15, -0.1) is 0 Å². The molecule has 3 aliphatic carbocycles. The molecule has 160 valence electrons. The van der Waals surface area contributed by atoms with E-state index >= 15 is 0 Å². The van der Waals surface area contributed by atoms with Crippen LogP contribution in [0.3, 0.4) is 0 Å². The Bertz CT molecular complexity index is 953. The fourth-order valence-corrected chi connectivity index (χ4v) is 7.20. The van der Waals surface area contributed by atoms with Crippen molar-refractivity contribution in [3.05, 3.63) is 23.3 Å². The number of fused-ring (bicyclic) bond motifs is 1. The quantitative estimate of drug-likeness (QED) is 0.807. The number of aliphatic hydroxyl groups is 1. The van der Waals surface area contributed by atoms with Crippen molar-refractivity contribution in [3.63, 3.8) is 0 Å². The first-order chi connectivity index (χ1) is 14.5. The Balaban J connectivity index is 1.48. The zero-order chi connectivity index (χ0) is 20.3. The molecule has 4 fully saturated rings. The molecule has 0 radical (unpaired) electrons. The lowest BCUT2D eigenvalue weighted by Crippen LogP contribution is -2.80. The molecule has 0 unspecified atom stereocenters. The standard InChI is InChI=1S/C23H27NO6/c1-27-15-5-4-14-16-18(15)30-20-21(16)8-9-24(12-13-2-3-13)19(17(14)25)22(21,26)6-7-23(20)28-10-11-29-23/h4-5,13,19-20,26H,2-3,6-12H2,1H3/t19-,20-,21+,22-/m1/s1. The summed E-state index contributed by atoms with van der Waals surface area (Å²) < 4.78 is 24.5. The molecule has 6 aliphatic rings. The summed E-state index contributed by atoms with van der Waals surface area (Å²) in [5.74, 6) is 0.967. The molecule has 1 N–H and O–H groups in total. The van der Waals surface area contributed by atoms with E-state index < -0.39 is 28.9 Å². The molecule has 0 aromatic heterocycles. The Labute approximate surface area is 175 Å². The summed E-state index contributed by atoms with van der Waals surface area (Å²) in [6.07, 6.45) is 3.63. The third-order valence-corrected chi connectivity index (χ3v) is 8.59. The number of carbonyl (C=O) groups is 1. The number of methoxy groups -OCH3 is 1. The lowest BCUT2D eigenvalue weighted by Gasteiger charge is -2.64. The average Bonchev–Trinajstić information content (AvgIpc) is 3.30. The van der Waals surface area contributed by atoms with Crippen LogP contribution in [0.15, 0.2) is 12.1 Å². The Hall–Kier alpha value is -1.67. The maximum absolute atomic E-state index is 13.8. The number of hydrogen-bond acceptors (Lipinski definition) is 7. The first kappa shape index (κ1) is 18.0. The van der Waals surface area contributed by atoms with Crippen LogP contribution in [0.2, 0.25) is 0 Å². The summed E-state index contributed by atoms with van der Waals surface area (Å²) in [7, 11) is 1.61. The van der Waals surface area contributed by atoms with Gasteiger partial charge in [0.05, 0.1) is 25.7 Å². The number of rotatable bonds is 3. The first-order valence-electron chi connectivity index (χ1n) is 11.2. The van der Waals surface area contributed by atoms with Gasteiger partial charge in [-0.1, -0.05) is 0 Å². The summed E-state index contributed by atoms with van der Waals surface area (Å²) in [5, 5.41) is 12.4. The van der Waals surface area contributed by atoms with E-state index in [4.69, 9.17) is 18.9 Å². The number of piperidine rings is 1. The van der Waals surface area contributed by atoms with Gasteiger partial charge < -0.3 is 24.1 Å². The minimum atomic E-state index is -1.20. The number of nitrogens with zero attached hydrogens (tertiary/aromatic N) is 1. The van der Waals surface area contributed by atoms with Gasteiger partial charge in [-0.2, -0.15) is 0 Å². The third kappa shape index (κ3) is 1.86. The van der Waals surface area contributed by atoms with Crippen LogP contribution in [0.1, 0.15) is 48.0 Å². The number of ether oxygens (including phenoxy) is 4. The molecule has 3 heterocycles. The molecule has 1 aromatic carbocycles. The molecule has 2 saturated carbocycles. The molecule has 30 heavy (non-hydrogen) atoms. The van der Waals surface area contributed by atoms with Crippen molar-refractivity contribution in [1.29, 1.82) is 0 Å².